The van der Waals surface area contributed by atoms with Crippen LogP contribution in [0.5, 0.6) is 0 Å². The standard InChI is InChI=1S/C12H19NO2/c1-5-15-12(14)11(8-13)10(4)7-6-9(2)3/h9H,5-7H2,1-4H3/b11-10+. The summed E-state index contributed by atoms with van der Waals surface area (Å²) >= 11 is 0. The van der Waals surface area contributed by atoms with Crippen LogP contribution in [0.25, 0.3) is 0 Å². The van der Waals surface area contributed by atoms with Gasteiger partial charge >= 0.3 is 5.97 Å². The Morgan fingerprint density at radius 3 is 2.47 bits per heavy atom. The molecule has 0 saturated carbocycles. The third kappa shape index (κ3) is 5.21. The van der Waals surface area contributed by atoms with Crippen molar-refractivity contribution in [2.45, 2.75) is 40.5 Å². The highest BCUT2D eigenvalue weighted by Gasteiger charge is 2.13. The van der Waals surface area contributed by atoms with Gasteiger partial charge in [0.05, 0.1) is 6.61 Å². The molecule has 0 fully saturated rings. The van der Waals surface area contributed by atoms with Crippen molar-refractivity contribution in [3.63, 3.8) is 0 Å². The molecule has 0 amide bonds. The Hall–Kier alpha value is -1.30. The molecule has 0 bridgehead atoms. The summed E-state index contributed by atoms with van der Waals surface area (Å²) < 4.78 is 4.80. The van der Waals surface area contributed by atoms with Crippen LogP contribution in [-0.2, 0) is 9.53 Å². The smallest absolute Gasteiger partial charge is 0.348 e. The molecule has 0 aromatic heterocycles. The summed E-state index contributed by atoms with van der Waals surface area (Å²) in [6.45, 7) is 8.09. The Kier molecular flexibility index (Phi) is 6.44. The average Bonchev–Trinajstić information content (AvgIpc) is 2.16. The van der Waals surface area contributed by atoms with E-state index in [1.54, 1.807) is 6.92 Å². The van der Waals surface area contributed by atoms with Gasteiger partial charge in [-0.1, -0.05) is 13.8 Å². The van der Waals surface area contributed by atoms with Crippen LogP contribution in [0, 0.1) is 17.2 Å². The second-order valence-corrected chi connectivity index (χ2v) is 3.92. The first-order valence-corrected chi connectivity index (χ1v) is 5.29. The largest absolute Gasteiger partial charge is 0.462 e. The van der Waals surface area contributed by atoms with Crippen LogP contribution < -0.4 is 0 Å². The van der Waals surface area contributed by atoms with Crippen molar-refractivity contribution in [2.24, 2.45) is 5.92 Å². The van der Waals surface area contributed by atoms with Crippen molar-refractivity contribution in [1.29, 1.82) is 5.26 Å². The van der Waals surface area contributed by atoms with Gasteiger partial charge in [-0.25, -0.2) is 4.79 Å². The normalized spacial score (nSPS) is 12.0. The molecule has 3 nitrogen and oxygen atoms in total. The first-order chi connectivity index (χ1) is 7.02. The van der Waals surface area contributed by atoms with Gasteiger partial charge in [0.15, 0.2) is 0 Å². The van der Waals surface area contributed by atoms with E-state index in [4.69, 9.17) is 10.00 Å². The minimum absolute atomic E-state index is 0.164. The molecular weight excluding hydrogens is 190 g/mol. The zero-order valence-corrected chi connectivity index (χ0v) is 9.96. The lowest BCUT2D eigenvalue weighted by Gasteiger charge is -2.07. The number of nitrogens with zero attached hydrogens (tertiary/aromatic N) is 1. The molecule has 0 heterocycles. The SMILES string of the molecule is CCOC(=O)/C(C#N)=C(\C)CCC(C)C. The molecule has 0 unspecified atom stereocenters. The van der Waals surface area contributed by atoms with Crippen LogP contribution >= 0.6 is 0 Å². The Morgan fingerprint density at radius 2 is 2.07 bits per heavy atom. The van der Waals surface area contributed by atoms with Crippen LogP contribution in [0.3, 0.4) is 0 Å². The van der Waals surface area contributed by atoms with Crippen molar-refractivity contribution >= 4 is 5.97 Å². The fourth-order valence-corrected chi connectivity index (χ4v) is 1.15. The molecule has 0 aromatic rings. The van der Waals surface area contributed by atoms with E-state index in [9.17, 15) is 4.79 Å². The highest BCUT2D eigenvalue weighted by atomic mass is 16.5. The van der Waals surface area contributed by atoms with Gasteiger partial charge in [-0.3, -0.25) is 0 Å². The molecule has 0 rings (SSSR count). The van der Waals surface area contributed by atoms with Crippen molar-refractivity contribution in [2.75, 3.05) is 6.61 Å². The molecule has 0 aromatic carbocycles. The first kappa shape index (κ1) is 13.7. The number of carbonyl (C=O) groups excluding carboxylic acids is 1. The predicted molar refractivity (Wildman–Crippen MR) is 59.0 cm³/mol. The van der Waals surface area contributed by atoms with Crippen LogP contribution in [-0.4, -0.2) is 12.6 Å². The van der Waals surface area contributed by atoms with Gasteiger partial charge < -0.3 is 4.74 Å². The lowest BCUT2D eigenvalue weighted by molar-refractivity contribution is -0.138. The average molecular weight is 209 g/mol. The zero-order chi connectivity index (χ0) is 11.8. The third-order valence-corrected chi connectivity index (χ3v) is 2.11. The van der Waals surface area contributed by atoms with Crippen molar-refractivity contribution in [3.05, 3.63) is 11.1 Å². The van der Waals surface area contributed by atoms with Crippen molar-refractivity contribution in [1.82, 2.24) is 0 Å². The number of allylic oxidation sites excluding steroid dienone is 1. The van der Waals surface area contributed by atoms with Gasteiger partial charge in [-0.05, 0) is 38.2 Å². The Balaban J connectivity index is 4.54. The first-order valence-electron chi connectivity index (χ1n) is 5.29. The molecule has 15 heavy (non-hydrogen) atoms. The fourth-order valence-electron chi connectivity index (χ4n) is 1.15. The number of hydrogen-bond donors (Lipinski definition) is 0. The molecule has 84 valence electrons. The number of hydrogen-bond acceptors (Lipinski definition) is 3. The third-order valence-electron chi connectivity index (χ3n) is 2.11. The monoisotopic (exact) mass is 209 g/mol. The van der Waals surface area contributed by atoms with Crippen molar-refractivity contribution < 1.29 is 9.53 Å². The molecule has 0 spiro atoms. The van der Waals surface area contributed by atoms with Crippen LogP contribution in [0.4, 0.5) is 0 Å². The topological polar surface area (TPSA) is 50.1 Å². The summed E-state index contributed by atoms with van der Waals surface area (Å²) in [4.78, 5) is 11.4. The maximum absolute atomic E-state index is 11.4. The minimum Gasteiger partial charge on any atom is -0.462 e. The van der Waals surface area contributed by atoms with Crippen LogP contribution in [0.1, 0.15) is 40.5 Å². The highest BCUT2D eigenvalue weighted by molar-refractivity contribution is 5.93. The van der Waals surface area contributed by atoms with Crippen LogP contribution in [0.15, 0.2) is 11.1 Å². The number of esters is 1. The van der Waals surface area contributed by atoms with E-state index in [-0.39, 0.29) is 5.57 Å². The summed E-state index contributed by atoms with van der Waals surface area (Å²) in [6, 6.07) is 1.92. The Bertz CT molecular complexity index is 284. The highest BCUT2D eigenvalue weighted by Crippen LogP contribution is 2.15. The van der Waals surface area contributed by atoms with E-state index in [0.29, 0.717) is 12.5 Å². The van der Waals surface area contributed by atoms with E-state index < -0.39 is 5.97 Å². The molecule has 0 atom stereocenters. The van der Waals surface area contributed by atoms with Gasteiger partial charge in [0.2, 0.25) is 0 Å². The molecule has 0 saturated heterocycles. The minimum atomic E-state index is -0.499. The number of ether oxygens (including phenoxy) is 1. The summed E-state index contributed by atoms with van der Waals surface area (Å²) in [5, 5.41) is 8.85. The molecule has 0 aliphatic heterocycles. The fraction of sp³-hybridized carbons (Fsp3) is 0.667. The molecule has 0 aliphatic rings. The van der Waals surface area contributed by atoms with E-state index in [0.717, 1.165) is 18.4 Å². The van der Waals surface area contributed by atoms with Crippen molar-refractivity contribution in [3.8, 4) is 6.07 Å². The van der Waals surface area contributed by atoms with Gasteiger partial charge in [-0.2, -0.15) is 5.26 Å². The summed E-state index contributed by atoms with van der Waals surface area (Å²) in [5.74, 6) is 0.0725. The summed E-state index contributed by atoms with van der Waals surface area (Å²) in [6.07, 6.45) is 1.76. The lowest BCUT2D eigenvalue weighted by atomic mass is 10.0. The molecular formula is C12H19NO2. The second kappa shape index (κ2) is 7.05. The summed E-state index contributed by atoms with van der Waals surface area (Å²) in [7, 11) is 0. The maximum atomic E-state index is 11.4. The molecule has 0 N–H and O–H groups in total. The lowest BCUT2D eigenvalue weighted by Crippen LogP contribution is -2.08. The van der Waals surface area contributed by atoms with Gasteiger partial charge in [0.1, 0.15) is 11.6 Å². The van der Waals surface area contributed by atoms with Crippen LogP contribution in [0.2, 0.25) is 0 Å². The van der Waals surface area contributed by atoms with Gasteiger partial charge in [0.25, 0.3) is 0 Å². The number of nitriles is 1. The molecule has 0 radical (unpaired) electrons. The Labute approximate surface area is 91.7 Å². The van der Waals surface area contributed by atoms with E-state index in [2.05, 4.69) is 13.8 Å². The molecule has 0 aliphatic carbocycles. The maximum Gasteiger partial charge on any atom is 0.348 e. The quantitative estimate of drug-likeness (QED) is 0.397. The van der Waals surface area contributed by atoms with E-state index in [1.807, 2.05) is 13.0 Å². The second-order valence-electron chi connectivity index (χ2n) is 3.92. The Morgan fingerprint density at radius 1 is 1.47 bits per heavy atom. The molecule has 3 heteroatoms. The summed E-state index contributed by atoms with van der Waals surface area (Å²) in [5.41, 5.74) is 0.988. The zero-order valence-electron chi connectivity index (χ0n) is 9.96. The number of carbonyl (C=O) groups is 1. The predicted octanol–water partition coefficient (Wildman–Crippen LogP) is 2.83. The van der Waals surface area contributed by atoms with Gasteiger partial charge in [0, 0.05) is 0 Å². The van der Waals surface area contributed by atoms with E-state index >= 15 is 0 Å². The van der Waals surface area contributed by atoms with Gasteiger partial charge in [-0.15, -0.1) is 0 Å². The van der Waals surface area contributed by atoms with E-state index in [1.165, 1.54) is 0 Å². The number of rotatable bonds is 5.